The molecule has 9 nitrogen and oxygen atoms in total. The van der Waals surface area contributed by atoms with Crippen LogP contribution in [-0.4, -0.2) is 54.7 Å². The number of carbonyl (C=O) groups excluding carboxylic acids is 3. The fraction of sp³-hybridized carbons (Fsp3) is 0.375. The number of rotatable bonds is 4. The Morgan fingerprint density at radius 1 is 1.09 bits per heavy atom. The Morgan fingerprint density at radius 2 is 1.85 bits per heavy atom. The normalized spacial score (nSPS) is 21.2. The van der Waals surface area contributed by atoms with Crippen molar-refractivity contribution in [1.82, 2.24) is 10.6 Å². The highest BCUT2D eigenvalue weighted by atomic mass is 16.5. The molecular weight excluding hydrogens is 424 g/mol. The summed E-state index contributed by atoms with van der Waals surface area (Å²) < 4.78 is 4.89. The highest BCUT2D eigenvalue weighted by Gasteiger charge is 2.29. The summed E-state index contributed by atoms with van der Waals surface area (Å²) >= 11 is 0. The number of amides is 2. The van der Waals surface area contributed by atoms with Crippen LogP contribution in [0.15, 0.2) is 42.5 Å². The fourth-order valence-corrected chi connectivity index (χ4v) is 3.85. The molecule has 2 aromatic rings. The van der Waals surface area contributed by atoms with Crippen molar-refractivity contribution < 1.29 is 24.2 Å². The van der Waals surface area contributed by atoms with Crippen LogP contribution >= 0.6 is 0 Å². The Kier molecular flexibility index (Phi) is 8.02. The van der Waals surface area contributed by atoms with E-state index in [1.807, 2.05) is 24.3 Å². The summed E-state index contributed by atoms with van der Waals surface area (Å²) in [4.78, 5) is 38.2. The van der Waals surface area contributed by atoms with Gasteiger partial charge >= 0.3 is 5.97 Å². The standard InChI is InChI=1S/C24H30N4O5/c1-33-24(32)20-11-14-4-2-5-15(10-14)16-7-8-21(29)17(12-16)13-18(26)22(30)27-19(6-3-9-25)23(31)28-20/h2,4-5,7-8,10,12,18-20,29H,3,6,9,11,13,25-26H2,1H3,(H,27,30)(H,28,31)/t18-,19-,20-/m0/s1. The smallest absolute Gasteiger partial charge is 0.328 e. The van der Waals surface area contributed by atoms with E-state index in [4.69, 9.17) is 16.2 Å². The second kappa shape index (κ2) is 10.9. The summed E-state index contributed by atoms with van der Waals surface area (Å²) in [5, 5.41) is 15.7. The van der Waals surface area contributed by atoms with Crippen LogP contribution in [0.2, 0.25) is 0 Å². The molecule has 0 saturated heterocycles. The predicted molar refractivity (Wildman–Crippen MR) is 123 cm³/mol. The summed E-state index contributed by atoms with van der Waals surface area (Å²) in [5.41, 5.74) is 14.7. The Bertz CT molecular complexity index is 1030. The number of fused-ring (bicyclic) bond motifs is 5. The van der Waals surface area contributed by atoms with Crippen molar-refractivity contribution in [2.45, 2.75) is 43.8 Å². The highest BCUT2D eigenvalue weighted by Crippen LogP contribution is 2.28. The average Bonchev–Trinajstić information content (AvgIpc) is 2.81. The minimum atomic E-state index is -0.993. The second-order valence-corrected chi connectivity index (χ2v) is 8.14. The van der Waals surface area contributed by atoms with E-state index in [-0.39, 0.29) is 25.0 Å². The first-order valence-corrected chi connectivity index (χ1v) is 10.9. The molecule has 4 bridgehead atoms. The Balaban J connectivity index is 2.05. The summed E-state index contributed by atoms with van der Waals surface area (Å²) in [6, 6.07) is 9.78. The molecule has 0 saturated carbocycles. The second-order valence-electron chi connectivity index (χ2n) is 8.14. The largest absolute Gasteiger partial charge is 0.508 e. The van der Waals surface area contributed by atoms with Crippen LogP contribution in [0, 0.1) is 0 Å². The molecule has 2 amide bonds. The maximum atomic E-state index is 13.0. The van der Waals surface area contributed by atoms with Crippen LogP contribution in [0.4, 0.5) is 0 Å². The number of aromatic hydroxyl groups is 1. The first-order chi connectivity index (χ1) is 15.8. The average molecular weight is 455 g/mol. The van der Waals surface area contributed by atoms with Gasteiger partial charge in [-0.3, -0.25) is 9.59 Å². The van der Waals surface area contributed by atoms with Gasteiger partial charge in [0.2, 0.25) is 11.8 Å². The van der Waals surface area contributed by atoms with Crippen LogP contribution < -0.4 is 22.1 Å². The molecule has 33 heavy (non-hydrogen) atoms. The molecule has 0 aromatic heterocycles. The van der Waals surface area contributed by atoms with Gasteiger partial charge in [0.1, 0.15) is 17.8 Å². The molecule has 0 radical (unpaired) electrons. The lowest BCUT2D eigenvalue weighted by atomic mass is 9.96. The summed E-state index contributed by atoms with van der Waals surface area (Å²) in [6.45, 7) is 0.333. The molecule has 0 unspecified atom stereocenters. The van der Waals surface area contributed by atoms with Gasteiger partial charge in [-0.25, -0.2) is 4.79 Å². The number of nitrogens with one attached hydrogen (secondary N) is 2. The Morgan fingerprint density at radius 3 is 2.58 bits per heavy atom. The van der Waals surface area contributed by atoms with E-state index in [9.17, 15) is 19.5 Å². The van der Waals surface area contributed by atoms with Crippen molar-refractivity contribution in [2.24, 2.45) is 11.5 Å². The van der Waals surface area contributed by atoms with Crippen molar-refractivity contribution in [3.8, 4) is 16.9 Å². The molecule has 7 N–H and O–H groups in total. The van der Waals surface area contributed by atoms with E-state index in [1.54, 1.807) is 18.2 Å². The van der Waals surface area contributed by atoms with Crippen molar-refractivity contribution in [3.63, 3.8) is 0 Å². The summed E-state index contributed by atoms with van der Waals surface area (Å²) in [6.07, 6.45) is 1.06. The lowest BCUT2D eigenvalue weighted by molar-refractivity contribution is -0.145. The van der Waals surface area contributed by atoms with Crippen LogP contribution in [-0.2, 0) is 32.0 Å². The number of nitrogens with two attached hydrogens (primary N) is 2. The van der Waals surface area contributed by atoms with Gasteiger partial charge in [0.05, 0.1) is 13.2 Å². The van der Waals surface area contributed by atoms with Crippen molar-refractivity contribution in [3.05, 3.63) is 53.6 Å². The first-order valence-electron chi connectivity index (χ1n) is 10.9. The monoisotopic (exact) mass is 454 g/mol. The Labute approximate surface area is 192 Å². The predicted octanol–water partition coefficient (Wildman–Crippen LogP) is 0.367. The van der Waals surface area contributed by atoms with Gasteiger partial charge in [-0.1, -0.05) is 30.3 Å². The molecule has 1 heterocycles. The number of benzene rings is 2. The third-order valence-corrected chi connectivity index (χ3v) is 5.69. The first kappa shape index (κ1) is 24.2. The van der Waals surface area contributed by atoms with E-state index in [0.717, 1.165) is 16.7 Å². The number of phenolic OH excluding ortho intramolecular Hbond substituents is 1. The molecule has 3 atom stereocenters. The zero-order valence-corrected chi connectivity index (χ0v) is 18.5. The topological polar surface area (TPSA) is 157 Å². The van der Waals surface area contributed by atoms with Gasteiger partial charge in [0.15, 0.2) is 0 Å². The fourth-order valence-electron chi connectivity index (χ4n) is 3.85. The van der Waals surface area contributed by atoms with Gasteiger partial charge in [0.25, 0.3) is 0 Å². The van der Waals surface area contributed by atoms with E-state index < -0.39 is 35.9 Å². The van der Waals surface area contributed by atoms with E-state index in [0.29, 0.717) is 18.5 Å². The van der Waals surface area contributed by atoms with E-state index in [2.05, 4.69) is 10.6 Å². The SMILES string of the molecule is COC(=O)[C@@H]1Cc2cccc(c2)-c2ccc(O)c(c2)C[C@H](N)C(=O)N[C@@H](CCCN)C(=O)N1. The molecule has 1 aliphatic rings. The molecule has 0 aliphatic carbocycles. The van der Waals surface area contributed by atoms with Crippen LogP contribution in [0.1, 0.15) is 24.0 Å². The molecule has 1 aliphatic heterocycles. The number of methoxy groups -OCH3 is 1. The third kappa shape index (κ3) is 6.09. The molecule has 2 aromatic carbocycles. The van der Waals surface area contributed by atoms with Crippen LogP contribution in [0.3, 0.4) is 0 Å². The van der Waals surface area contributed by atoms with Crippen molar-refractivity contribution in [1.29, 1.82) is 0 Å². The highest BCUT2D eigenvalue weighted by molar-refractivity contribution is 5.92. The van der Waals surface area contributed by atoms with Crippen molar-refractivity contribution in [2.75, 3.05) is 13.7 Å². The lowest BCUT2D eigenvalue weighted by Crippen LogP contribution is -2.55. The van der Waals surface area contributed by atoms with Gasteiger partial charge in [0, 0.05) is 12.8 Å². The zero-order valence-electron chi connectivity index (χ0n) is 18.5. The number of carbonyl (C=O) groups is 3. The number of ether oxygens (including phenoxy) is 1. The van der Waals surface area contributed by atoms with Gasteiger partial charge in [-0.05, 0) is 53.8 Å². The van der Waals surface area contributed by atoms with Crippen molar-refractivity contribution >= 4 is 17.8 Å². The minimum absolute atomic E-state index is 0.0330. The lowest BCUT2D eigenvalue weighted by Gasteiger charge is -2.23. The number of hydrogen-bond acceptors (Lipinski definition) is 7. The quantitative estimate of drug-likeness (QED) is 0.418. The van der Waals surface area contributed by atoms with E-state index in [1.165, 1.54) is 7.11 Å². The third-order valence-electron chi connectivity index (χ3n) is 5.69. The maximum Gasteiger partial charge on any atom is 0.328 e. The molecule has 0 spiro atoms. The maximum absolute atomic E-state index is 13.0. The number of esters is 1. The molecule has 176 valence electrons. The Hall–Kier alpha value is -3.43. The zero-order chi connectivity index (χ0) is 24.0. The summed E-state index contributed by atoms with van der Waals surface area (Å²) in [7, 11) is 1.26. The van der Waals surface area contributed by atoms with Crippen LogP contribution in [0.5, 0.6) is 5.75 Å². The summed E-state index contributed by atoms with van der Waals surface area (Å²) in [5.74, 6) is -1.62. The van der Waals surface area contributed by atoms with Gasteiger partial charge < -0.3 is 31.9 Å². The number of hydrogen-bond donors (Lipinski definition) is 5. The molecular formula is C24H30N4O5. The van der Waals surface area contributed by atoms with E-state index >= 15 is 0 Å². The minimum Gasteiger partial charge on any atom is -0.508 e. The van der Waals surface area contributed by atoms with Gasteiger partial charge in [-0.15, -0.1) is 0 Å². The molecule has 3 rings (SSSR count). The van der Waals surface area contributed by atoms with Crippen LogP contribution in [0.25, 0.3) is 11.1 Å². The van der Waals surface area contributed by atoms with Gasteiger partial charge in [-0.2, -0.15) is 0 Å². The molecule has 9 heteroatoms. The number of phenols is 1. The molecule has 0 fully saturated rings.